The SMILES string of the molecule is CCn1nnnc1S[C@H](C)C(=O)Nc1ccc(C#N)c(Cl)c1. The van der Waals surface area contributed by atoms with Gasteiger partial charge >= 0.3 is 0 Å². The normalized spacial score (nSPS) is 11.7. The van der Waals surface area contributed by atoms with Gasteiger partial charge in [-0.25, -0.2) is 4.68 Å². The highest BCUT2D eigenvalue weighted by molar-refractivity contribution is 8.00. The van der Waals surface area contributed by atoms with Crippen molar-refractivity contribution in [2.75, 3.05) is 5.32 Å². The molecule has 0 spiro atoms. The average Bonchev–Trinajstić information content (AvgIpc) is 2.94. The Morgan fingerprint density at radius 2 is 2.36 bits per heavy atom. The number of aromatic nitrogens is 4. The van der Waals surface area contributed by atoms with Crippen LogP contribution in [0.5, 0.6) is 0 Å². The van der Waals surface area contributed by atoms with Crippen molar-refractivity contribution in [2.24, 2.45) is 0 Å². The Balaban J connectivity index is 2.02. The minimum atomic E-state index is -0.384. The molecule has 2 aromatic rings. The topological polar surface area (TPSA) is 96.5 Å². The summed E-state index contributed by atoms with van der Waals surface area (Å²) in [5.74, 6) is -0.198. The van der Waals surface area contributed by atoms with E-state index >= 15 is 0 Å². The lowest BCUT2D eigenvalue weighted by Gasteiger charge is -2.11. The molecule has 9 heteroatoms. The quantitative estimate of drug-likeness (QED) is 0.842. The smallest absolute Gasteiger partial charge is 0.237 e. The zero-order valence-corrected chi connectivity index (χ0v) is 13.5. The molecular formula is C13H13ClN6OS. The van der Waals surface area contributed by atoms with E-state index in [1.54, 1.807) is 29.8 Å². The van der Waals surface area contributed by atoms with Gasteiger partial charge in [0.05, 0.1) is 15.8 Å². The van der Waals surface area contributed by atoms with E-state index in [2.05, 4.69) is 20.8 Å². The standard InChI is InChI=1S/C13H13ClN6OS/c1-3-20-13(17-18-19-20)22-8(2)12(21)16-10-5-4-9(7-15)11(14)6-10/h4-6,8H,3H2,1-2H3,(H,16,21)/t8-/m1/s1. The molecular weight excluding hydrogens is 324 g/mol. The zero-order valence-electron chi connectivity index (χ0n) is 11.9. The molecule has 0 fully saturated rings. The van der Waals surface area contributed by atoms with E-state index in [-0.39, 0.29) is 11.2 Å². The highest BCUT2D eigenvalue weighted by Crippen LogP contribution is 2.23. The highest BCUT2D eigenvalue weighted by Gasteiger charge is 2.18. The van der Waals surface area contributed by atoms with Crippen LogP contribution in [0.4, 0.5) is 5.69 Å². The predicted octanol–water partition coefficient (Wildman–Crippen LogP) is 2.34. The Kier molecular flexibility index (Phi) is 5.35. The molecule has 0 aliphatic carbocycles. The lowest BCUT2D eigenvalue weighted by Crippen LogP contribution is -2.23. The van der Waals surface area contributed by atoms with Gasteiger partial charge in [-0.3, -0.25) is 4.79 Å². The van der Waals surface area contributed by atoms with E-state index in [1.165, 1.54) is 11.8 Å². The summed E-state index contributed by atoms with van der Waals surface area (Å²) in [6.45, 7) is 4.32. The van der Waals surface area contributed by atoms with Crippen LogP contribution in [0.15, 0.2) is 23.4 Å². The van der Waals surface area contributed by atoms with Gasteiger partial charge in [0.2, 0.25) is 11.1 Å². The number of carbonyl (C=O) groups excluding carboxylic acids is 1. The van der Waals surface area contributed by atoms with Gasteiger partial charge in [-0.15, -0.1) is 5.10 Å². The van der Waals surface area contributed by atoms with E-state index in [0.717, 1.165) is 0 Å². The average molecular weight is 337 g/mol. The van der Waals surface area contributed by atoms with E-state index in [1.807, 2.05) is 13.0 Å². The maximum Gasteiger partial charge on any atom is 0.237 e. The molecule has 0 radical (unpaired) electrons. The van der Waals surface area contributed by atoms with Crippen LogP contribution in [0.3, 0.4) is 0 Å². The number of amides is 1. The Labute approximate surface area is 136 Å². The van der Waals surface area contributed by atoms with Crippen molar-refractivity contribution >= 4 is 35.0 Å². The first-order chi connectivity index (χ1) is 10.5. The molecule has 0 saturated carbocycles. The third-order valence-electron chi connectivity index (χ3n) is 2.81. The number of thioether (sulfide) groups is 1. The largest absolute Gasteiger partial charge is 0.325 e. The Bertz CT molecular complexity index is 726. The molecule has 1 amide bonds. The van der Waals surface area contributed by atoms with Crippen LogP contribution in [-0.4, -0.2) is 31.4 Å². The van der Waals surface area contributed by atoms with Gasteiger partial charge in [0.25, 0.3) is 0 Å². The number of halogens is 1. The minimum absolute atomic E-state index is 0.198. The number of benzene rings is 1. The fraction of sp³-hybridized carbons (Fsp3) is 0.308. The maximum atomic E-state index is 12.2. The van der Waals surface area contributed by atoms with Crippen LogP contribution in [0.2, 0.25) is 5.02 Å². The number of nitriles is 1. The first-order valence-corrected chi connectivity index (χ1v) is 7.74. The molecule has 7 nitrogen and oxygen atoms in total. The van der Waals surface area contributed by atoms with Crippen molar-refractivity contribution in [3.8, 4) is 6.07 Å². The Morgan fingerprint density at radius 3 is 3.00 bits per heavy atom. The van der Waals surface area contributed by atoms with Crippen molar-refractivity contribution in [1.82, 2.24) is 20.2 Å². The van der Waals surface area contributed by atoms with Gasteiger partial charge in [-0.2, -0.15) is 5.26 Å². The summed E-state index contributed by atoms with van der Waals surface area (Å²) in [5.41, 5.74) is 0.903. The summed E-state index contributed by atoms with van der Waals surface area (Å²) in [5, 5.41) is 23.4. The van der Waals surface area contributed by atoms with Crippen LogP contribution in [-0.2, 0) is 11.3 Å². The van der Waals surface area contributed by atoms with Crippen molar-refractivity contribution in [1.29, 1.82) is 5.26 Å². The van der Waals surface area contributed by atoms with Gasteiger partial charge in [0.15, 0.2) is 0 Å². The van der Waals surface area contributed by atoms with E-state index in [9.17, 15) is 4.79 Å². The molecule has 0 aliphatic rings. The first kappa shape index (κ1) is 16.3. The number of nitrogens with zero attached hydrogens (tertiary/aromatic N) is 5. The Morgan fingerprint density at radius 1 is 1.59 bits per heavy atom. The van der Waals surface area contributed by atoms with Crippen molar-refractivity contribution in [3.05, 3.63) is 28.8 Å². The first-order valence-electron chi connectivity index (χ1n) is 6.48. The summed E-state index contributed by atoms with van der Waals surface area (Å²) >= 11 is 7.21. The van der Waals surface area contributed by atoms with Crippen LogP contribution < -0.4 is 5.32 Å². The lowest BCUT2D eigenvalue weighted by molar-refractivity contribution is -0.115. The van der Waals surface area contributed by atoms with Gasteiger partial charge < -0.3 is 5.32 Å². The van der Waals surface area contributed by atoms with Gasteiger partial charge in [0, 0.05) is 12.2 Å². The predicted molar refractivity (Wildman–Crippen MR) is 83.6 cm³/mol. The number of tetrazole rings is 1. The van der Waals surface area contributed by atoms with Crippen molar-refractivity contribution in [2.45, 2.75) is 30.8 Å². The van der Waals surface area contributed by atoms with Gasteiger partial charge in [-0.05, 0) is 42.5 Å². The zero-order chi connectivity index (χ0) is 16.1. The molecule has 0 aliphatic heterocycles. The number of hydrogen-bond acceptors (Lipinski definition) is 6. The number of aryl methyl sites for hydroxylation is 1. The second kappa shape index (κ2) is 7.24. The summed E-state index contributed by atoms with van der Waals surface area (Å²) in [4.78, 5) is 12.2. The van der Waals surface area contributed by atoms with Crippen molar-refractivity contribution in [3.63, 3.8) is 0 Å². The lowest BCUT2D eigenvalue weighted by atomic mass is 10.2. The molecule has 1 N–H and O–H groups in total. The molecule has 0 saturated heterocycles. The molecule has 1 aromatic carbocycles. The fourth-order valence-electron chi connectivity index (χ4n) is 1.62. The molecule has 1 aromatic heterocycles. The summed E-state index contributed by atoms with van der Waals surface area (Å²) in [6.07, 6.45) is 0. The second-order valence-electron chi connectivity index (χ2n) is 4.33. The maximum absolute atomic E-state index is 12.2. The summed E-state index contributed by atoms with van der Waals surface area (Å²) in [6, 6.07) is 6.71. The summed E-state index contributed by atoms with van der Waals surface area (Å²) < 4.78 is 1.62. The van der Waals surface area contributed by atoms with E-state index in [0.29, 0.717) is 28.0 Å². The molecule has 0 unspecified atom stereocenters. The minimum Gasteiger partial charge on any atom is -0.325 e. The van der Waals surface area contributed by atoms with Crippen LogP contribution >= 0.6 is 23.4 Å². The molecule has 1 atom stereocenters. The second-order valence-corrected chi connectivity index (χ2v) is 6.05. The van der Waals surface area contributed by atoms with Crippen molar-refractivity contribution < 1.29 is 4.79 Å². The van der Waals surface area contributed by atoms with E-state index in [4.69, 9.17) is 16.9 Å². The highest BCUT2D eigenvalue weighted by atomic mass is 35.5. The number of rotatable bonds is 5. The molecule has 114 valence electrons. The van der Waals surface area contributed by atoms with Gasteiger partial charge in [-0.1, -0.05) is 23.4 Å². The molecule has 0 bridgehead atoms. The summed E-state index contributed by atoms with van der Waals surface area (Å²) in [7, 11) is 0. The van der Waals surface area contributed by atoms with Crippen LogP contribution in [0.1, 0.15) is 19.4 Å². The molecule has 22 heavy (non-hydrogen) atoms. The number of carbonyl (C=O) groups is 1. The monoisotopic (exact) mass is 336 g/mol. The third kappa shape index (κ3) is 3.75. The van der Waals surface area contributed by atoms with Crippen LogP contribution in [0.25, 0.3) is 0 Å². The van der Waals surface area contributed by atoms with Crippen LogP contribution in [0, 0.1) is 11.3 Å². The third-order valence-corrected chi connectivity index (χ3v) is 4.19. The number of nitrogens with one attached hydrogen (secondary N) is 1. The van der Waals surface area contributed by atoms with E-state index < -0.39 is 0 Å². The molecule has 1 heterocycles. The number of anilines is 1. The fourth-order valence-corrected chi connectivity index (χ4v) is 2.69. The number of hydrogen-bond donors (Lipinski definition) is 1. The molecule has 2 rings (SSSR count). The Hall–Kier alpha value is -2.11. The van der Waals surface area contributed by atoms with Gasteiger partial charge in [0.1, 0.15) is 6.07 Å².